The lowest BCUT2D eigenvalue weighted by atomic mass is 9.97. The summed E-state index contributed by atoms with van der Waals surface area (Å²) in [5.74, 6) is 0.510. The molecule has 1 heterocycles. The minimum Gasteiger partial charge on any atom is -0.382 e. The van der Waals surface area contributed by atoms with Crippen LogP contribution in [0.1, 0.15) is 5.56 Å². The lowest BCUT2D eigenvalue weighted by Gasteiger charge is -2.08. The van der Waals surface area contributed by atoms with E-state index in [0.29, 0.717) is 5.82 Å². The molecule has 0 bridgehead atoms. The predicted octanol–water partition coefficient (Wildman–Crippen LogP) is 5.16. The molecule has 0 spiro atoms. The van der Waals surface area contributed by atoms with Crippen LogP contribution in [-0.4, -0.2) is 10.2 Å². The summed E-state index contributed by atoms with van der Waals surface area (Å²) >= 11 is 7.03. The van der Waals surface area contributed by atoms with Gasteiger partial charge in [0.2, 0.25) is 0 Å². The molecule has 21 heavy (non-hydrogen) atoms. The van der Waals surface area contributed by atoms with Crippen molar-refractivity contribution in [3.63, 3.8) is 0 Å². The number of hydrogen-bond donors (Lipinski definition) is 2. The molecule has 3 rings (SSSR count). The summed E-state index contributed by atoms with van der Waals surface area (Å²) in [5.41, 5.74) is 11.2. The van der Waals surface area contributed by atoms with Crippen molar-refractivity contribution in [2.75, 3.05) is 5.73 Å². The number of H-pyrrole nitrogens is 1. The van der Waals surface area contributed by atoms with E-state index in [2.05, 4.69) is 61.1 Å². The second kappa shape index (κ2) is 5.66. The van der Waals surface area contributed by atoms with Crippen molar-refractivity contribution in [2.45, 2.75) is 6.92 Å². The van der Waals surface area contributed by atoms with E-state index in [1.165, 1.54) is 5.56 Å². The lowest BCUT2D eigenvalue weighted by molar-refractivity contribution is 1.10. The Hall–Kier alpha value is -1.59. The molecule has 0 amide bonds. The lowest BCUT2D eigenvalue weighted by Crippen LogP contribution is -1.91. The second-order valence-electron chi connectivity index (χ2n) is 4.83. The first kappa shape index (κ1) is 14.4. The molecular formula is C16H13Br2N3. The molecule has 0 saturated heterocycles. The molecule has 0 saturated carbocycles. The fraction of sp³-hybridized carbons (Fsp3) is 0.0625. The Kier molecular flexibility index (Phi) is 3.87. The topological polar surface area (TPSA) is 54.7 Å². The van der Waals surface area contributed by atoms with E-state index in [-0.39, 0.29) is 0 Å². The molecule has 0 aliphatic rings. The summed E-state index contributed by atoms with van der Waals surface area (Å²) in [6, 6.07) is 14.2. The SMILES string of the molecule is Cc1ccccc1-c1c(N)n[nH]c1-c1cc(Br)cc(Br)c1. The van der Waals surface area contributed by atoms with Crippen molar-refractivity contribution in [3.05, 3.63) is 57.0 Å². The summed E-state index contributed by atoms with van der Waals surface area (Å²) in [6.45, 7) is 2.07. The van der Waals surface area contributed by atoms with Crippen molar-refractivity contribution < 1.29 is 0 Å². The van der Waals surface area contributed by atoms with Crippen LogP contribution in [0.3, 0.4) is 0 Å². The fourth-order valence-electron chi connectivity index (χ4n) is 2.39. The number of aromatic nitrogens is 2. The van der Waals surface area contributed by atoms with Crippen LogP contribution in [0, 0.1) is 6.92 Å². The Morgan fingerprint density at radius 3 is 2.38 bits per heavy atom. The van der Waals surface area contributed by atoms with E-state index in [0.717, 1.165) is 31.3 Å². The zero-order chi connectivity index (χ0) is 15.0. The van der Waals surface area contributed by atoms with Crippen LogP contribution in [0.5, 0.6) is 0 Å². The van der Waals surface area contributed by atoms with Gasteiger partial charge in [0.25, 0.3) is 0 Å². The maximum atomic E-state index is 6.09. The van der Waals surface area contributed by atoms with Gasteiger partial charge in [0.05, 0.1) is 11.3 Å². The average Bonchev–Trinajstić information content (AvgIpc) is 2.80. The minimum atomic E-state index is 0.510. The van der Waals surface area contributed by atoms with Gasteiger partial charge in [0.1, 0.15) is 0 Å². The van der Waals surface area contributed by atoms with Gasteiger partial charge in [-0.15, -0.1) is 0 Å². The van der Waals surface area contributed by atoms with Gasteiger partial charge in [0.15, 0.2) is 5.82 Å². The summed E-state index contributed by atoms with van der Waals surface area (Å²) in [6.07, 6.45) is 0. The van der Waals surface area contributed by atoms with Gasteiger partial charge in [-0.2, -0.15) is 5.10 Å². The summed E-state index contributed by atoms with van der Waals surface area (Å²) in [7, 11) is 0. The van der Waals surface area contributed by atoms with Crippen LogP contribution < -0.4 is 5.73 Å². The number of nitrogens with zero attached hydrogens (tertiary/aromatic N) is 1. The number of halogens is 2. The summed E-state index contributed by atoms with van der Waals surface area (Å²) in [4.78, 5) is 0. The third-order valence-corrected chi connectivity index (χ3v) is 4.28. The summed E-state index contributed by atoms with van der Waals surface area (Å²) < 4.78 is 1.99. The molecule has 3 aromatic rings. The maximum Gasteiger partial charge on any atom is 0.153 e. The third kappa shape index (κ3) is 2.76. The van der Waals surface area contributed by atoms with E-state index in [1.807, 2.05) is 30.3 Å². The molecule has 0 unspecified atom stereocenters. The highest BCUT2D eigenvalue weighted by Crippen LogP contribution is 2.38. The standard InChI is InChI=1S/C16H13Br2N3/c1-9-4-2-3-5-13(9)14-15(20-21-16(14)19)10-6-11(17)8-12(18)7-10/h2-8H,1H3,(H3,19,20,21). The number of nitrogen functional groups attached to an aromatic ring is 1. The summed E-state index contributed by atoms with van der Waals surface area (Å²) in [5, 5.41) is 7.25. The molecule has 0 atom stereocenters. The van der Waals surface area contributed by atoms with Crippen LogP contribution >= 0.6 is 31.9 Å². The van der Waals surface area contributed by atoms with Gasteiger partial charge in [-0.1, -0.05) is 56.1 Å². The molecule has 0 radical (unpaired) electrons. The van der Waals surface area contributed by atoms with Gasteiger partial charge in [-0.3, -0.25) is 5.10 Å². The monoisotopic (exact) mass is 405 g/mol. The molecule has 0 aliphatic heterocycles. The minimum absolute atomic E-state index is 0.510. The van der Waals surface area contributed by atoms with E-state index < -0.39 is 0 Å². The van der Waals surface area contributed by atoms with Crippen molar-refractivity contribution in [2.24, 2.45) is 0 Å². The Morgan fingerprint density at radius 1 is 1.05 bits per heavy atom. The highest BCUT2D eigenvalue weighted by atomic mass is 79.9. The number of benzene rings is 2. The van der Waals surface area contributed by atoms with Crippen LogP contribution in [0.2, 0.25) is 0 Å². The molecule has 106 valence electrons. The number of hydrogen-bond acceptors (Lipinski definition) is 2. The fourth-order valence-corrected chi connectivity index (χ4v) is 3.68. The van der Waals surface area contributed by atoms with Gasteiger partial charge < -0.3 is 5.73 Å². The first-order valence-corrected chi connectivity index (χ1v) is 8.01. The van der Waals surface area contributed by atoms with E-state index in [4.69, 9.17) is 5.73 Å². The number of nitrogens with two attached hydrogens (primary N) is 1. The van der Waals surface area contributed by atoms with Crippen LogP contribution in [-0.2, 0) is 0 Å². The smallest absolute Gasteiger partial charge is 0.153 e. The number of anilines is 1. The first-order valence-electron chi connectivity index (χ1n) is 6.42. The quantitative estimate of drug-likeness (QED) is 0.617. The van der Waals surface area contributed by atoms with Crippen molar-refractivity contribution >= 4 is 37.7 Å². The third-order valence-electron chi connectivity index (χ3n) is 3.36. The van der Waals surface area contributed by atoms with Crippen molar-refractivity contribution in [3.8, 4) is 22.4 Å². The zero-order valence-corrected chi connectivity index (χ0v) is 14.5. The second-order valence-corrected chi connectivity index (χ2v) is 6.66. The molecule has 3 nitrogen and oxygen atoms in total. The number of aryl methyl sites for hydroxylation is 1. The number of rotatable bonds is 2. The number of nitrogens with one attached hydrogen (secondary N) is 1. The van der Waals surface area contributed by atoms with Crippen LogP contribution in [0.15, 0.2) is 51.4 Å². The van der Waals surface area contributed by atoms with E-state index in [9.17, 15) is 0 Å². The van der Waals surface area contributed by atoms with Gasteiger partial charge in [0, 0.05) is 14.5 Å². The van der Waals surface area contributed by atoms with Crippen molar-refractivity contribution in [1.29, 1.82) is 0 Å². The predicted molar refractivity (Wildman–Crippen MR) is 94.0 cm³/mol. The molecule has 0 fully saturated rings. The van der Waals surface area contributed by atoms with Gasteiger partial charge in [-0.25, -0.2) is 0 Å². The van der Waals surface area contributed by atoms with E-state index in [1.54, 1.807) is 0 Å². The highest BCUT2D eigenvalue weighted by molar-refractivity contribution is 9.11. The maximum absolute atomic E-state index is 6.09. The van der Waals surface area contributed by atoms with Gasteiger partial charge in [-0.05, 0) is 36.2 Å². The molecule has 5 heteroatoms. The normalized spacial score (nSPS) is 10.8. The number of aromatic amines is 1. The first-order chi connectivity index (χ1) is 10.1. The largest absolute Gasteiger partial charge is 0.382 e. The molecule has 1 aromatic heterocycles. The Bertz CT molecular complexity index is 789. The molecule has 3 N–H and O–H groups in total. The van der Waals surface area contributed by atoms with Crippen LogP contribution in [0.25, 0.3) is 22.4 Å². The average molecular weight is 407 g/mol. The molecular weight excluding hydrogens is 394 g/mol. The van der Waals surface area contributed by atoms with Gasteiger partial charge >= 0.3 is 0 Å². The van der Waals surface area contributed by atoms with E-state index >= 15 is 0 Å². The molecule has 2 aromatic carbocycles. The highest BCUT2D eigenvalue weighted by Gasteiger charge is 2.16. The van der Waals surface area contributed by atoms with Crippen LogP contribution in [0.4, 0.5) is 5.82 Å². The Labute approximate surface area is 139 Å². The van der Waals surface area contributed by atoms with Crippen molar-refractivity contribution in [1.82, 2.24) is 10.2 Å². The Balaban J connectivity index is 2.24. The zero-order valence-electron chi connectivity index (χ0n) is 11.3. The molecule has 0 aliphatic carbocycles. The Morgan fingerprint density at radius 2 is 1.71 bits per heavy atom.